The Labute approximate surface area is 165 Å². The Balaban J connectivity index is 1.76. The van der Waals surface area contributed by atoms with Crippen molar-refractivity contribution in [1.29, 1.82) is 0 Å². The predicted molar refractivity (Wildman–Crippen MR) is 105 cm³/mol. The van der Waals surface area contributed by atoms with Crippen LogP contribution in [0.2, 0.25) is 0 Å². The van der Waals surface area contributed by atoms with E-state index in [-0.39, 0.29) is 18.3 Å². The number of aliphatic imine (C=N–C) groups is 1. The Morgan fingerprint density at radius 1 is 1.32 bits per heavy atom. The quantitative estimate of drug-likeness (QED) is 0.741. The SMILES string of the molecule is CN=C1S/C(=C\c2ccc(OCc3ccc(C(=O)O)o3)c(OC)c2)C(=O)N1C. The molecule has 2 heterocycles. The molecule has 9 heteroatoms. The summed E-state index contributed by atoms with van der Waals surface area (Å²) in [5.41, 5.74) is 0.775. The van der Waals surface area contributed by atoms with Crippen LogP contribution >= 0.6 is 11.8 Å². The average Bonchev–Trinajstić information content (AvgIpc) is 3.27. The second-order valence-electron chi connectivity index (χ2n) is 5.75. The number of likely N-dealkylation sites (N-methyl/N-ethyl adjacent to an activating group) is 1. The molecule has 1 aromatic carbocycles. The molecule has 1 aliphatic rings. The molecule has 0 saturated carbocycles. The number of hydrogen-bond donors (Lipinski definition) is 1. The van der Waals surface area contributed by atoms with E-state index in [4.69, 9.17) is 19.0 Å². The molecular formula is C19H18N2O6S. The van der Waals surface area contributed by atoms with E-state index in [0.29, 0.717) is 27.3 Å². The first kappa shape index (κ1) is 19.6. The normalized spacial score (nSPS) is 16.8. The van der Waals surface area contributed by atoms with Crippen molar-refractivity contribution in [2.45, 2.75) is 6.61 Å². The number of ether oxygens (including phenoxy) is 2. The number of benzene rings is 1. The molecule has 0 unspecified atom stereocenters. The number of thioether (sulfide) groups is 1. The average molecular weight is 402 g/mol. The number of carboxylic acid groups (broad SMARTS) is 1. The molecule has 2 aromatic rings. The molecule has 28 heavy (non-hydrogen) atoms. The molecule has 3 rings (SSSR count). The van der Waals surface area contributed by atoms with Gasteiger partial charge >= 0.3 is 5.97 Å². The number of nitrogens with zero attached hydrogens (tertiary/aromatic N) is 2. The molecule has 1 fully saturated rings. The molecular weight excluding hydrogens is 384 g/mol. The summed E-state index contributed by atoms with van der Waals surface area (Å²) in [6.07, 6.45) is 1.76. The lowest BCUT2D eigenvalue weighted by Gasteiger charge is -2.10. The Bertz CT molecular complexity index is 979. The molecule has 0 aliphatic carbocycles. The highest BCUT2D eigenvalue weighted by molar-refractivity contribution is 8.18. The van der Waals surface area contributed by atoms with Crippen molar-refractivity contribution < 1.29 is 28.6 Å². The second-order valence-corrected chi connectivity index (χ2v) is 6.76. The van der Waals surface area contributed by atoms with Gasteiger partial charge in [-0.15, -0.1) is 0 Å². The first-order valence-corrected chi connectivity index (χ1v) is 9.01. The number of rotatable bonds is 6. The van der Waals surface area contributed by atoms with Crippen LogP contribution in [-0.2, 0) is 11.4 Å². The van der Waals surface area contributed by atoms with Gasteiger partial charge in [-0.1, -0.05) is 6.07 Å². The minimum Gasteiger partial charge on any atom is -0.493 e. The summed E-state index contributed by atoms with van der Waals surface area (Å²) < 4.78 is 16.2. The van der Waals surface area contributed by atoms with E-state index in [0.717, 1.165) is 5.56 Å². The number of methoxy groups -OCH3 is 1. The molecule has 0 atom stereocenters. The van der Waals surface area contributed by atoms with Gasteiger partial charge in [0.25, 0.3) is 5.91 Å². The fourth-order valence-corrected chi connectivity index (χ4v) is 3.44. The Morgan fingerprint density at radius 3 is 2.71 bits per heavy atom. The molecule has 1 amide bonds. The molecule has 8 nitrogen and oxygen atoms in total. The number of aromatic carboxylic acids is 1. The summed E-state index contributed by atoms with van der Waals surface area (Å²) in [4.78, 5) is 29.3. The summed E-state index contributed by atoms with van der Waals surface area (Å²) in [5, 5.41) is 9.53. The van der Waals surface area contributed by atoms with Crippen LogP contribution in [0.3, 0.4) is 0 Å². The van der Waals surface area contributed by atoms with Crippen LogP contribution in [0.5, 0.6) is 11.5 Å². The summed E-state index contributed by atoms with van der Waals surface area (Å²) in [7, 11) is 4.84. The number of carbonyl (C=O) groups excluding carboxylic acids is 1. The highest BCUT2D eigenvalue weighted by Gasteiger charge is 2.29. The third-order valence-electron chi connectivity index (χ3n) is 3.92. The molecule has 0 spiro atoms. The van der Waals surface area contributed by atoms with Crippen LogP contribution < -0.4 is 9.47 Å². The topological polar surface area (TPSA) is 102 Å². The van der Waals surface area contributed by atoms with Gasteiger partial charge in [-0.05, 0) is 47.7 Å². The van der Waals surface area contributed by atoms with Crippen LogP contribution in [-0.4, -0.2) is 48.3 Å². The van der Waals surface area contributed by atoms with E-state index < -0.39 is 5.97 Å². The van der Waals surface area contributed by atoms with E-state index in [1.54, 1.807) is 44.4 Å². The lowest BCUT2D eigenvalue weighted by atomic mass is 10.2. The predicted octanol–water partition coefficient (Wildman–Crippen LogP) is 3.10. The Kier molecular flexibility index (Phi) is 5.74. The zero-order valence-electron chi connectivity index (χ0n) is 15.5. The van der Waals surface area contributed by atoms with E-state index >= 15 is 0 Å². The van der Waals surface area contributed by atoms with Gasteiger partial charge in [-0.3, -0.25) is 14.7 Å². The van der Waals surface area contributed by atoms with Gasteiger partial charge in [0.05, 0.1) is 12.0 Å². The van der Waals surface area contributed by atoms with Gasteiger partial charge in [-0.2, -0.15) is 0 Å². The minimum absolute atomic E-state index is 0.0551. The number of amides is 1. The zero-order chi connectivity index (χ0) is 20.3. The Morgan fingerprint density at radius 2 is 2.11 bits per heavy atom. The maximum absolute atomic E-state index is 12.3. The van der Waals surface area contributed by atoms with Crippen molar-refractivity contribution in [3.63, 3.8) is 0 Å². The maximum atomic E-state index is 12.3. The van der Waals surface area contributed by atoms with E-state index in [1.807, 2.05) is 0 Å². The van der Waals surface area contributed by atoms with Crippen LogP contribution in [0.25, 0.3) is 6.08 Å². The van der Waals surface area contributed by atoms with Crippen LogP contribution in [0.15, 0.2) is 44.6 Å². The summed E-state index contributed by atoms with van der Waals surface area (Å²) in [5.74, 6) is -0.0672. The Hall–Kier alpha value is -3.20. The maximum Gasteiger partial charge on any atom is 0.371 e. The number of carboxylic acids is 1. The third kappa shape index (κ3) is 4.04. The first-order chi connectivity index (χ1) is 13.4. The van der Waals surface area contributed by atoms with Crippen molar-refractivity contribution in [2.75, 3.05) is 21.2 Å². The van der Waals surface area contributed by atoms with Gasteiger partial charge in [0.2, 0.25) is 5.76 Å². The van der Waals surface area contributed by atoms with Crippen LogP contribution in [0, 0.1) is 0 Å². The highest BCUT2D eigenvalue weighted by Crippen LogP contribution is 2.34. The lowest BCUT2D eigenvalue weighted by Crippen LogP contribution is -2.23. The van der Waals surface area contributed by atoms with Gasteiger partial charge in [0, 0.05) is 14.1 Å². The van der Waals surface area contributed by atoms with Crippen molar-refractivity contribution in [3.05, 3.63) is 52.3 Å². The fraction of sp³-hybridized carbons (Fsp3) is 0.211. The molecule has 1 saturated heterocycles. The van der Waals surface area contributed by atoms with E-state index in [2.05, 4.69) is 4.99 Å². The van der Waals surface area contributed by atoms with Crippen molar-refractivity contribution in [1.82, 2.24) is 4.90 Å². The zero-order valence-corrected chi connectivity index (χ0v) is 16.3. The molecule has 0 bridgehead atoms. The van der Waals surface area contributed by atoms with Crippen LogP contribution in [0.4, 0.5) is 0 Å². The van der Waals surface area contributed by atoms with Gasteiger partial charge in [0.1, 0.15) is 12.4 Å². The first-order valence-electron chi connectivity index (χ1n) is 8.20. The number of furan rings is 1. The van der Waals surface area contributed by atoms with E-state index in [9.17, 15) is 9.59 Å². The van der Waals surface area contributed by atoms with E-state index in [1.165, 1.54) is 29.8 Å². The summed E-state index contributed by atoms with van der Waals surface area (Å²) >= 11 is 1.31. The fourth-order valence-electron chi connectivity index (χ4n) is 2.51. The monoisotopic (exact) mass is 402 g/mol. The van der Waals surface area contributed by atoms with Gasteiger partial charge < -0.3 is 19.0 Å². The smallest absolute Gasteiger partial charge is 0.371 e. The van der Waals surface area contributed by atoms with Crippen LogP contribution in [0.1, 0.15) is 21.9 Å². The second kappa shape index (κ2) is 8.22. The highest BCUT2D eigenvalue weighted by atomic mass is 32.2. The standard InChI is InChI=1S/C19H18N2O6S/c1-20-19-21(2)17(22)16(28-19)9-11-4-6-13(15(8-11)25-3)26-10-12-5-7-14(27-12)18(23)24/h4-9H,10H2,1-3H3,(H,23,24)/b16-9-,20-19?. The van der Waals surface area contributed by atoms with Crippen molar-refractivity contribution in [2.24, 2.45) is 4.99 Å². The number of carbonyl (C=O) groups is 2. The molecule has 1 aromatic heterocycles. The van der Waals surface area contributed by atoms with Gasteiger partial charge in [0.15, 0.2) is 16.7 Å². The molecule has 1 N–H and O–H groups in total. The lowest BCUT2D eigenvalue weighted by molar-refractivity contribution is -0.121. The minimum atomic E-state index is -1.14. The van der Waals surface area contributed by atoms with Crippen molar-refractivity contribution >= 4 is 34.9 Å². The van der Waals surface area contributed by atoms with Gasteiger partial charge in [-0.25, -0.2) is 4.79 Å². The largest absolute Gasteiger partial charge is 0.493 e. The number of hydrogen-bond acceptors (Lipinski definition) is 7. The third-order valence-corrected chi connectivity index (χ3v) is 5.07. The molecule has 1 aliphatic heterocycles. The summed E-state index contributed by atoms with van der Waals surface area (Å²) in [6.45, 7) is 0.0551. The van der Waals surface area contributed by atoms with Crippen molar-refractivity contribution in [3.8, 4) is 11.5 Å². The molecule has 0 radical (unpaired) electrons. The molecule has 146 valence electrons. The number of amidine groups is 1. The summed E-state index contributed by atoms with van der Waals surface area (Å²) in [6, 6.07) is 8.18.